The summed E-state index contributed by atoms with van der Waals surface area (Å²) in [5.41, 5.74) is 3.67. The number of carbonyl (C=O) groups is 2. The second-order valence-corrected chi connectivity index (χ2v) is 6.79. The van der Waals surface area contributed by atoms with Gasteiger partial charge in [-0.05, 0) is 48.7 Å². The molecule has 2 amide bonds. The van der Waals surface area contributed by atoms with Crippen LogP contribution in [0.4, 0.5) is 11.4 Å². The SMILES string of the molecule is CCc1ccc(N2C[C@@H](C(=O)Nc3ccc(C)c(Cl)c3)CC2=O)cc1. The molecule has 5 heteroatoms. The number of carbonyl (C=O) groups excluding carboxylic acids is 2. The molecule has 1 aliphatic rings. The number of nitrogens with one attached hydrogen (secondary N) is 1. The molecule has 1 atom stereocenters. The Morgan fingerprint density at radius 3 is 2.60 bits per heavy atom. The first-order valence-electron chi connectivity index (χ1n) is 8.44. The fraction of sp³-hybridized carbons (Fsp3) is 0.300. The Hall–Kier alpha value is -2.33. The van der Waals surface area contributed by atoms with Crippen LogP contribution in [0.15, 0.2) is 42.5 Å². The summed E-state index contributed by atoms with van der Waals surface area (Å²) in [6.07, 6.45) is 1.18. The van der Waals surface area contributed by atoms with Gasteiger partial charge in [0.2, 0.25) is 11.8 Å². The topological polar surface area (TPSA) is 49.4 Å². The largest absolute Gasteiger partial charge is 0.326 e. The average molecular weight is 357 g/mol. The van der Waals surface area contributed by atoms with Gasteiger partial charge in [-0.2, -0.15) is 0 Å². The second kappa shape index (κ2) is 7.28. The van der Waals surface area contributed by atoms with E-state index in [0.29, 0.717) is 17.3 Å². The van der Waals surface area contributed by atoms with Crippen molar-refractivity contribution in [2.75, 3.05) is 16.8 Å². The van der Waals surface area contributed by atoms with Gasteiger partial charge in [0.05, 0.1) is 5.92 Å². The van der Waals surface area contributed by atoms with Gasteiger partial charge in [0.1, 0.15) is 0 Å². The normalized spacial score (nSPS) is 17.0. The third-order valence-electron chi connectivity index (χ3n) is 4.59. The predicted octanol–water partition coefficient (Wildman–Crippen LogP) is 4.20. The average Bonchev–Trinajstić information content (AvgIpc) is 3.00. The molecule has 1 aliphatic heterocycles. The molecule has 4 nitrogen and oxygen atoms in total. The summed E-state index contributed by atoms with van der Waals surface area (Å²) in [5.74, 6) is -0.536. The number of halogens is 1. The number of rotatable bonds is 4. The van der Waals surface area contributed by atoms with Crippen molar-refractivity contribution in [3.8, 4) is 0 Å². The van der Waals surface area contributed by atoms with Crippen molar-refractivity contribution >= 4 is 34.8 Å². The number of hydrogen-bond donors (Lipinski definition) is 1. The minimum Gasteiger partial charge on any atom is -0.326 e. The van der Waals surface area contributed by atoms with E-state index >= 15 is 0 Å². The lowest BCUT2D eigenvalue weighted by Crippen LogP contribution is -2.28. The molecule has 1 fully saturated rings. The molecule has 0 bridgehead atoms. The van der Waals surface area contributed by atoms with Crippen molar-refractivity contribution in [1.29, 1.82) is 0 Å². The molecule has 2 aromatic rings. The third kappa shape index (κ3) is 3.85. The fourth-order valence-electron chi connectivity index (χ4n) is 2.96. The minimum atomic E-state index is -0.363. The van der Waals surface area contributed by atoms with Crippen LogP contribution in [0.25, 0.3) is 0 Å². The quantitative estimate of drug-likeness (QED) is 0.892. The molecule has 1 N–H and O–H groups in total. The van der Waals surface area contributed by atoms with Crippen LogP contribution >= 0.6 is 11.6 Å². The van der Waals surface area contributed by atoms with Crippen LogP contribution in [0.5, 0.6) is 0 Å². The van der Waals surface area contributed by atoms with E-state index in [1.165, 1.54) is 5.56 Å². The summed E-state index contributed by atoms with van der Waals surface area (Å²) in [4.78, 5) is 26.5. The van der Waals surface area contributed by atoms with Gasteiger partial charge in [-0.25, -0.2) is 0 Å². The molecule has 0 saturated carbocycles. The van der Waals surface area contributed by atoms with Crippen molar-refractivity contribution in [2.24, 2.45) is 5.92 Å². The lowest BCUT2D eigenvalue weighted by Gasteiger charge is -2.17. The first-order chi connectivity index (χ1) is 12.0. The van der Waals surface area contributed by atoms with Crippen molar-refractivity contribution in [1.82, 2.24) is 0 Å². The zero-order valence-corrected chi connectivity index (χ0v) is 15.1. The highest BCUT2D eigenvalue weighted by Gasteiger charge is 2.35. The van der Waals surface area contributed by atoms with Gasteiger partial charge in [0, 0.05) is 29.4 Å². The summed E-state index contributed by atoms with van der Waals surface area (Å²) in [7, 11) is 0. The van der Waals surface area contributed by atoms with Gasteiger partial charge in [0.25, 0.3) is 0 Å². The Balaban J connectivity index is 1.68. The van der Waals surface area contributed by atoms with E-state index in [1.54, 1.807) is 11.0 Å². The smallest absolute Gasteiger partial charge is 0.229 e. The molecule has 0 aliphatic carbocycles. The minimum absolute atomic E-state index is 0.0219. The lowest BCUT2D eigenvalue weighted by molar-refractivity contribution is -0.122. The monoisotopic (exact) mass is 356 g/mol. The Bertz CT molecular complexity index is 802. The van der Waals surface area contributed by atoms with Gasteiger partial charge in [-0.15, -0.1) is 0 Å². The molecule has 3 rings (SSSR count). The van der Waals surface area contributed by atoms with Crippen molar-refractivity contribution in [3.63, 3.8) is 0 Å². The molecule has 1 saturated heterocycles. The van der Waals surface area contributed by atoms with Crippen LogP contribution in [0.3, 0.4) is 0 Å². The van der Waals surface area contributed by atoms with E-state index in [0.717, 1.165) is 17.7 Å². The van der Waals surface area contributed by atoms with Crippen LogP contribution < -0.4 is 10.2 Å². The van der Waals surface area contributed by atoms with E-state index in [-0.39, 0.29) is 24.2 Å². The van der Waals surface area contributed by atoms with Crippen molar-refractivity contribution in [3.05, 3.63) is 58.6 Å². The van der Waals surface area contributed by atoms with Crippen LogP contribution in [-0.4, -0.2) is 18.4 Å². The standard InChI is InChI=1S/C20H21ClN2O2/c1-3-14-5-8-17(9-6-14)23-12-15(10-19(23)24)20(25)22-16-7-4-13(2)18(21)11-16/h4-9,11,15H,3,10,12H2,1-2H3,(H,22,25)/t15-/m0/s1. The van der Waals surface area contributed by atoms with Crippen LogP contribution in [0.1, 0.15) is 24.5 Å². The molecule has 1 heterocycles. The van der Waals surface area contributed by atoms with Gasteiger partial charge in [-0.3, -0.25) is 9.59 Å². The summed E-state index contributed by atoms with van der Waals surface area (Å²) in [5, 5.41) is 3.47. The van der Waals surface area contributed by atoms with Gasteiger partial charge >= 0.3 is 0 Å². The van der Waals surface area contributed by atoms with Gasteiger partial charge in [-0.1, -0.05) is 36.7 Å². The van der Waals surface area contributed by atoms with Crippen LogP contribution in [0, 0.1) is 12.8 Å². The molecule has 0 unspecified atom stereocenters. The highest BCUT2D eigenvalue weighted by atomic mass is 35.5. The first kappa shape index (κ1) is 17.5. The Labute approximate surface area is 152 Å². The molecule has 0 spiro atoms. The van der Waals surface area contributed by atoms with E-state index in [1.807, 2.05) is 43.3 Å². The second-order valence-electron chi connectivity index (χ2n) is 6.38. The third-order valence-corrected chi connectivity index (χ3v) is 5.00. The highest BCUT2D eigenvalue weighted by molar-refractivity contribution is 6.31. The number of hydrogen-bond acceptors (Lipinski definition) is 2. The van der Waals surface area contributed by atoms with E-state index in [4.69, 9.17) is 11.6 Å². The number of benzene rings is 2. The van der Waals surface area contributed by atoms with Crippen LogP contribution in [-0.2, 0) is 16.0 Å². The van der Waals surface area contributed by atoms with E-state index < -0.39 is 0 Å². The summed E-state index contributed by atoms with van der Waals surface area (Å²) in [6.45, 7) is 4.40. The predicted molar refractivity (Wildman–Crippen MR) is 101 cm³/mol. The zero-order valence-electron chi connectivity index (χ0n) is 14.4. The fourth-order valence-corrected chi connectivity index (χ4v) is 3.14. The zero-order chi connectivity index (χ0) is 18.0. The molecular formula is C20H21ClN2O2. The maximum atomic E-state index is 12.5. The van der Waals surface area contributed by atoms with Crippen molar-refractivity contribution in [2.45, 2.75) is 26.7 Å². The Kier molecular flexibility index (Phi) is 5.09. The first-order valence-corrected chi connectivity index (χ1v) is 8.82. The molecular weight excluding hydrogens is 336 g/mol. The molecule has 0 radical (unpaired) electrons. The summed E-state index contributed by atoms with van der Waals surface area (Å²) in [6, 6.07) is 13.3. The summed E-state index contributed by atoms with van der Waals surface area (Å²) >= 11 is 6.09. The van der Waals surface area contributed by atoms with Gasteiger partial charge < -0.3 is 10.2 Å². The van der Waals surface area contributed by atoms with Crippen LogP contribution in [0.2, 0.25) is 5.02 Å². The maximum absolute atomic E-state index is 12.5. The number of amides is 2. The number of nitrogens with zero attached hydrogens (tertiary/aromatic N) is 1. The van der Waals surface area contributed by atoms with Gasteiger partial charge in [0.15, 0.2) is 0 Å². The number of anilines is 2. The lowest BCUT2D eigenvalue weighted by atomic mass is 10.1. The Morgan fingerprint density at radius 1 is 1.24 bits per heavy atom. The number of aryl methyl sites for hydroxylation is 2. The molecule has 2 aromatic carbocycles. The molecule has 130 valence electrons. The summed E-state index contributed by atoms with van der Waals surface area (Å²) < 4.78 is 0. The van der Waals surface area contributed by atoms with E-state index in [2.05, 4.69) is 12.2 Å². The van der Waals surface area contributed by atoms with E-state index in [9.17, 15) is 9.59 Å². The molecule has 0 aromatic heterocycles. The highest BCUT2D eigenvalue weighted by Crippen LogP contribution is 2.27. The molecule has 25 heavy (non-hydrogen) atoms. The maximum Gasteiger partial charge on any atom is 0.229 e. The Morgan fingerprint density at radius 2 is 1.96 bits per heavy atom. The van der Waals surface area contributed by atoms with Crippen molar-refractivity contribution < 1.29 is 9.59 Å².